The number of amides is 1. The van der Waals surface area contributed by atoms with Crippen molar-refractivity contribution < 1.29 is 4.79 Å². The molecule has 0 fully saturated rings. The van der Waals surface area contributed by atoms with Gasteiger partial charge in [-0.1, -0.05) is 54.2 Å². The molecule has 0 radical (unpaired) electrons. The van der Waals surface area contributed by atoms with Crippen molar-refractivity contribution in [3.05, 3.63) is 66.2 Å². The van der Waals surface area contributed by atoms with Crippen molar-refractivity contribution in [2.24, 2.45) is 0 Å². The Balaban J connectivity index is 1.58. The summed E-state index contributed by atoms with van der Waals surface area (Å²) < 4.78 is 0. The highest BCUT2D eigenvalue weighted by Crippen LogP contribution is 2.33. The Bertz CT molecular complexity index is 1080. The lowest BCUT2D eigenvalue weighted by Crippen LogP contribution is -2.13. The van der Waals surface area contributed by atoms with Crippen molar-refractivity contribution in [1.82, 2.24) is 15.0 Å². The number of carbonyl (C=O) groups is 1. The number of rotatable bonds is 7. The summed E-state index contributed by atoms with van der Waals surface area (Å²) in [4.78, 5) is 25.8. The third kappa shape index (κ3) is 4.90. The van der Waals surface area contributed by atoms with E-state index in [4.69, 9.17) is 4.98 Å². The molecule has 146 valence electrons. The van der Waals surface area contributed by atoms with Gasteiger partial charge in [0.15, 0.2) is 5.13 Å². The van der Waals surface area contributed by atoms with Gasteiger partial charge in [0.1, 0.15) is 10.9 Å². The molecule has 5 nitrogen and oxygen atoms in total. The maximum atomic E-state index is 12.3. The monoisotopic (exact) mass is 438 g/mol. The number of benzene rings is 2. The molecule has 2 aromatic heterocycles. The predicted octanol–water partition coefficient (Wildman–Crippen LogP) is 5.65. The summed E-state index contributed by atoms with van der Waals surface area (Å²) in [6.45, 7) is 0. The topological polar surface area (TPSA) is 70.7 Å². The molecule has 0 saturated carbocycles. The lowest BCUT2D eigenvalue weighted by atomic mass is 10.2. The van der Waals surface area contributed by atoms with E-state index < -0.39 is 0 Å². The third-order valence-electron chi connectivity index (χ3n) is 4.12. The van der Waals surface area contributed by atoms with E-state index in [2.05, 4.69) is 45.8 Å². The average molecular weight is 439 g/mol. The first-order valence-corrected chi connectivity index (χ1v) is 11.9. The molecule has 4 rings (SSSR count). The smallest absolute Gasteiger partial charge is 0.236 e. The number of carbonyl (C=O) groups excluding carboxylic acids is 1. The van der Waals surface area contributed by atoms with Crippen molar-refractivity contribution in [1.29, 1.82) is 0 Å². The van der Waals surface area contributed by atoms with Gasteiger partial charge < -0.3 is 10.3 Å². The molecule has 0 aliphatic heterocycles. The van der Waals surface area contributed by atoms with Gasteiger partial charge in [-0.15, -0.1) is 23.1 Å². The van der Waals surface area contributed by atoms with Crippen molar-refractivity contribution >= 4 is 45.9 Å². The highest BCUT2D eigenvalue weighted by atomic mass is 32.2. The first-order valence-electron chi connectivity index (χ1n) is 8.85. The second-order valence-electron chi connectivity index (χ2n) is 6.03. The van der Waals surface area contributed by atoms with Gasteiger partial charge in [-0.3, -0.25) is 4.79 Å². The lowest BCUT2D eigenvalue weighted by Gasteiger charge is -2.03. The van der Waals surface area contributed by atoms with Gasteiger partial charge in [-0.05, 0) is 18.4 Å². The van der Waals surface area contributed by atoms with Crippen LogP contribution >= 0.6 is 34.9 Å². The van der Waals surface area contributed by atoms with Crippen molar-refractivity contribution in [3.63, 3.8) is 0 Å². The fourth-order valence-electron chi connectivity index (χ4n) is 2.72. The molecule has 0 aliphatic carbocycles. The van der Waals surface area contributed by atoms with E-state index >= 15 is 0 Å². The molecule has 4 aromatic rings. The van der Waals surface area contributed by atoms with Crippen LogP contribution in [0.25, 0.3) is 22.6 Å². The van der Waals surface area contributed by atoms with Crippen LogP contribution in [0.4, 0.5) is 5.13 Å². The van der Waals surface area contributed by atoms with Crippen LogP contribution < -0.4 is 5.32 Å². The minimum Gasteiger partial charge on any atom is -0.337 e. The Hall–Kier alpha value is -2.55. The molecule has 8 heteroatoms. The maximum Gasteiger partial charge on any atom is 0.236 e. The lowest BCUT2D eigenvalue weighted by molar-refractivity contribution is -0.113. The van der Waals surface area contributed by atoms with Crippen LogP contribution in [-0.4, -0.2) is 32.9 Å². The molecule has 29 heavy (non-hydrogen) atoms. The zero-order valence-corrected chi connectivity index (χ0v) is 18.0. The van der Waals surface area contributed by atoms with E-state index in [-0.39, 0.29) is 11.7 Å². The average Bonchev–Trinajstić information content (AvgIpc) is 3.43. The van der Waals surface area contributed by atoms with Crippen molar-refractivity contribution in [2.75, 3.05) is 17.3 Å². The summed E-state index contributed by atoms with van der Waals surface area (Å²) in [6, 6.07) is 18.3. The number of imidazole rings is 1. The van der Waals surface area contributed by atoms with E-state index in [0.717, 1.165) is 27.7 Å². The van der Waals surface area contributed by atoms with Gasteiger partial charge in [0, 0.05) is 27.6 Å². The third-order valence-corrected chi connectivity index (χ3v) is 6.52. The number of hydrogen-bond donors (Lipinski definition) is 2. The molecule has 0 spiro atoms. The fraction of sp³-hybridized carbons (Fsp3) is 0.0952. The van der Waals surface area contributed by atoms with Gasteiger partial charge in [-0.2, -0.15) is 0 Å². The van der Waals surface area contributed by atoms with Crippen LogP contribution in [0.15, 0.2) is 76.1 Å². The molecular weight excluding hydrogens is 420 g/mol. The molecule has 2 aromatic carbocycles. The quantitative estimate of drug-likeness (QED) is 0.365. The maximum absolute atomic E-state index is 12.3. The zero-order valence-electron chi connectivity index (χ0n) is 15.6. The molecule has 2 N–H and O–H groups in total. The Kier molecular flexibility index (Phi) is 6.33. The van der Waals surface area contributed by atoms with Gasteiger partial charge in [-0.25, -0.2) is 9.97 Å². The van der Waals surface area contributed by atoms with Gasteiger partial charge in [0.25, 0.3) is 0 Å². The van der Waals surface area contributed by atoms with Crippen LogP contribution in [0.2, 0.25) is 0 Å². The summed E-state index contributed by atoms with van der Waals surface area (Å²) in [6.07, 6.45) is 3.73. The number of nitrogens with one attached hydrogen (secondary N) is 2. The summed E-state index contributed by atoms with van der Waals surface area (Å²) >= 11 is 4.52. The highest BCUT2D eigenvalue weighted by Gasteiger charge is 2.16. The van der Waals surface area contributed by atoms with Crippen LogP contribution in [0.1, 0.15) is 0 Å². The number of aromatic nitrogens is 3. The molecule has 0 unspecified atom stereocenters. The summed E-state index contributed by atoms with van der Waals surface area (Å²) in [5.74, 6) is 0.951. The number of hydrogen-bond acceptors (Lipinski definition) is 6. The first kappa shape index (κ1) is 19.8. The van der Waals surface area contributed by atoms with E-state index in [1.165, 1.54) is 28.0 Å². The number of anilines is 1. The second kappa shape index (κ2) is 9.30. The van der Waals surface area contributed by atoms with Gasteiger partial charge in [0.05, 0.1) is 11.4 Å². The van der Waals surface area contributed by atoms with E-state index in [1.54, 1.807) is 18.0 Å². The van der Waals surface area contributed by atoms with Crippen molar-refractivity contribution in [2.45, 2.75) is 9.92 Å². The largest absolute Gasteiger partial charge is 0.337 e. The predicted molar refractivity (Wildman–Crippen MR) is 123 cm³/mol. The first-order chi connectivity index (χ1) is 14.2. The number of thiazole rings is 1. The number of nitrogens with zero attached hydrogens (tertiary/aromatic N) is 2. The van der Waals surface area contributed by atoms with Crippen LogP contribution in [0, 0.1) is 0 Å². The van der Waals surface area contributed by atoms with Crippen molar-refractivity contribution in [3.8, 4) is 22.6 Å². The fourth-order valence-corrected chi connectivity index (χ4v) is 4.48. The zero-order chi connectivity index (χ0) is 20.1. The standard InChI is InChI=1S/C21H18N4OS3/c1-27-16-9-7-15(8-10-16)19-24-18(14-5-3-2-4-6-14)20(25-19)29-13-17(26)23-21-22-11-12-28-21/h2-12H,13H2,1H3,(H,24,25)(H,22,23,26). The molecule has 0 aliphatic rings. The molecule has 0 atom stereocenters. The van der Waals surface area contributed by atoms with E-state index in [9.17, 15) is 4.79 Å². The van der Waals surface area contributed by atoms with E-state index in [1.807, 2.05) is 35.7 Å². The molecule has 2 heterocycles. The van der Waals surface area contributed by atoms with Crippen LogP contribution in [0.5, 0.6) is 0 Å². The number of thioether (sulfide) groups is 2. The summed E-state index contributed by atoms with van der Waals surface area (Å²) in [7, 11) is 0. The Morgan fingerprint density at radius 3 is 2.59 bits per heavy atom. The normalized spacial score (nSPS) is 10.8. The number of aromatic amines is 1. The molecule has 1 amide bonds. The minimum absolute atomic E-state index is 0.0992. The summed E-state index contributed by atoms with van der Waals surface area (Å²) in [5.41, 5.74) is 2.97. The minimum atomic E-state index is -0.0992. The Morgan fingerprint density at radius 2 is 1.90 bits per heavy atom. The summed E-state index contributed by atoms with van der Waals surface area (Å²) in [5, 5.41) is 6.05. The Labute approximate surface area is 181 Å². The Morgan fingerprint density at radius 1 is 1.10 bits per heavy atom. The van der Waals surface area contributed by atoms with Crippen LogP contribution in [-0.2, 0) is 4.79 Å². The van der Waals surface area contributed by atoms with E-state index in [0.29, 0.717) is 5.13 Å². The van der Waals surface area contributed by atoms with Gasteiger partial charge in [0.2, 0.25) is 5.91 Å². The second-order valence-corrected chi connectivity index (χ2v) is 8.77. The SMILES string of the molecule is CSc1ccc(-c2nc(SCC(=O)Nc3nccs3)c(-c3ccccc3)[nH]2)cc1. The molecule has 0 bridgehead atoms. The number of H-pyrrole nitrogens is 1. The molecular formula is C21H18N4OS3. The van der Waals surface area contributed by atoms with Crippen LogP contribution in [0.3, 0.4) is 0 Å². The molecule has 0 saturated heterocycles. The van der Waals surface area contributed by atoms with Gasteiger partial charge >= 0.3 is 0 Å². The highest BCUT2D eigenvalue weighted by molar-refractivity contribution is 8.00.